The van der Waals surface area contributed by atoms with Gasteiger partial charge in [-0.2, -0.15) is 0 Å². The second kappa shape index (κ2) is 7.79. The summed E-state index contributed by atoms with van der Waals surface area (Å²) in [6.45, 7) is 1.91. The molecule has 1 aliphatic rings. The lowest BCUT2D eigenvalue weighted by Gasteiger charge is -2.24. The Morgan fingerprint density at radius 1 is 1.27 bits per heavy atom. The van der Waals surface area contributed by atoms with Gasteiger partial charge < -0.3 is 9.47 Å². The van der Waals surface area contributed by atoms with E-state index >= 15 is 0 Å². The first-order valence-electron chi connectivity index (χ1n) is 8.39. The van der Waals surface area contributed by atoms with Crippen molar-refractivity contribution in [2.45, 2.75) is 25.3 Å². The highest BCUT2D eigenvalue weighted by Crippen LogP contribution is 2.35. The first-order chi connectivity index (χ1) is 12.5. The minimum Gasteiger partial charge on any atom is -0.496 e. The maximum Gasteiger partial charge on any atom is 0.417 e. The van der Waals surface area contributed by atoms with E-state index in [4.69, 9.17) is 21.1 Å². The van der Waals surface area contributed by atoms with Crippen molar-refractivity contribution >= 4 is 23.6 Å². The Morgan fingerprint density at radius 3 is 2.69 bits per heavy atom. The number of cyclic esters (lactones) is 1. The van der Waals surface area contributed by atoms with E-state index in [1.54, 1.807) is 25.1 Å². The number of methoxy groups -OCH3 is 1. The Labute approximate surface area is 157 Å². The fourth-order valence-corrected chi connectivity index (χ4v) is 3.54. The Hall–Kier alpha value is -2.53. The van der Waals surface area contributed by atoms with Crippen molar-refractivity contribution in [2.75, 3.05) is 13.7 Å². The van der Waals surface area contributed by atoms with E-state index in [1.807, 2.05) is 30.3 Å². The molecule has 1 heterocycles. The van der Waals surface area contributed by atoms with Gasteiger partial charge in [0.1, 0.15) is 12.4 Å². The zero-order valence-corrected chi connectivity index (χ0v) is 15.4. The number of nitrogens with zero attached hydrogens (tertiary/aromatic N) is 1. The van der Waals surface area contributed by atoms with Gasteiger partial charge in [-0.1, -0.05) is 48.0 Å². The summed E-state index contributed by atoms with van der Waals surface area (Å²) < 4.78 is 10.5. The largest absolute Gasteiger partial charge is 0.496 e. The maximum absolute atomic E-state index is 13.1. The molecule has 136 valence electrons. The Balaban J connectivity index is 1.86. The summed E-state index contributed by atoms with van der Waals surface area (Å²) in [5, 5.41) is 0.428. The second-order valence-electron chi connectivity index (χ2n) is 6.21. The van der Waals surface area contributed by atoms with E-state index < -0.39 is 12.0 Å². The molecule has 3 rings (SSSR count). The van der Waals surface area contributed by atoms with Crippen LogP contribution in [-0.2, 0) is 16.0 Å². The molecule has 6 heteroatoms. The highest BCUT2D eigenvalue weighted by Gasteiger charge is 2.40. The molecule has 1 aliphatic heterocycles. The van der Waals surface area contributed by atoms with Gasteiger partial charge in [0.25, 0.3) is 0 Å². The number of benzene rings is 2. The summed E-state index contributed by atoms with van der Waals surface area (Å²) in [7, 11) is 1.52. The third-order valence-corrected chi connectivity index (χ3v) is 4.88. The van der Waals surface area contributed by atoms with Gasteiger partial charge in [-0.25, -0.2) is 9.69 Å². The molecule has 0 aromatic heterocycles. The standard InChI is InChI=1S/C20H20ClNO4/c1-13(18-16(21)9-6-10-17(18)25-2)19(23)22-15(12-26-20(22)24)11-14-7-4-3-5-8-14/h3-10,13,15H,11-12H2,1-2H3/t13-,15-/m0/s1. The van der Waals surface area contributed by atoms with E-state index in [2.05, 4.69) is 0 Å². The first-order valence-corrected chi connectivity index (χ1v) is 8.77. The number of hydrogen-bond donors (Lipinski definition) is 0. The van der Waals surface area contributed by atoms with Crippen LogP contribution in [0.25, 0.3) is 0 Å². The Morgan fingerprint density at radius 2 is 2.00 bits per heavy atom. The lowest BCUT2D eigenvalue weighted by molar-refractivity contribution is -0.130. The molecule has 0 unspecified atom stereocenters. The summed E-state index contributed by atoms with van der Waals surface area (Å²) in [5.41, 5.74) is 1.61. The number of carbonyl (C=O) groups is 2. The maximum atomic E-state index is 13.1. The number of amides is 2. The summed E-state index contributed by atoms with van der Waals surface area (Å²) in [5.74, 6) is -0.465. The molecular formula is C20H20ClNO4. The van der Waals surface area contributed by atoms with Crippen LogP contribution in [-0.4, -0.2) is 36.7 Å². The quantitative estimate of drug-likeness (QED) is 0.793. The van der Waals surface area contributed by atoms with Crippen LogP contribution >= 0.6 is 11.6 Å². The van der Waals surface area contributed by atoms with Crippen LogP contribution in [0.5, 0.6) is 5.75 Å². The van der Waals surface area contributed by atoms with Gasteiger partial charge in [0.2, 0.25) is 5.91 Å². The van der Waals surface area contributed by atoms with Crippen LogP contribution in [0.1, 0.15) is 24.0 Å². The molecule has 0 bridgehead atoms. The molecule has 0 saturated carbocycles. The normalized spacial score (nSPS) is 17.7. The molecule has 1 fully saturated rings. The number of carbonyl (C=O) groups excluding carboxylic acids is 2. The third kappa shape index (κ3) is 3.53. The smallest absolute Gasteiger partial charge is 0.417 e. The second-order valence-corrected chi connectivity index (χ2v) is 6.61. The first kappa shape index (κ1) is 18.3. The van der Waals surface area contributed by atoms with Crippen LogP contribution in [0.15, 0.2) is 48.5 Å². The number of imide groups is 1. The fraction of sp³-hybridized carbons (Fsp3) is 0.300. The van der Waals surface area contributed by atoms with Gasteiger partial charge in [-0.15, -0.1) is 0 Å². The summed E-state index contributed by atoms with van der Waals surface area (Å²) in [6, 6.07) is 14.6. The van der Waals surface area contributed by atoms with E-state index in [1.165, 1.54) is 12.0 Å². The Kier molecular flexibility index (Phi) is 5.47. The molecule has 0 N–H and O–H groups in total. The van der Waals surface area contributed by atoms with Crippen LogP contribution in [0.2, 0.25) is 5.02 Å². The van der Waals surface area contributed by atoms with Gasteiger partial charge in [-0.05, 0) is 31.0 Å². The van der Waals surface area contributed by atoms with Crippen molar-refractivity contribution in [3.8, 4) is 5.75 Å². The van der Waals surface area contributed by atoms with Crippen LogP contribution < -0.4 is 4.74 Å². The summed E-state index contributed by atoms with van der Waals surface area (Å²) >= 11 is 6.29. The van der Waals surface area contributed by atoms with Crippen LogP contribution in [0, 0.1) is 0 Å². The number of halogens is 1. The van der Waals surface area contributed by atoms with Crippen molar-refractivity contribution < 1.29 is 19.1 Å². The molecular weight excluding hydrogens is 354 g/mol. The van der Waals surface area contributed by atoms with Crippen molar-refractivity contribution in [2.24, 2.45) is 0 Å². The monoisotopic (exact) mass is 373 g/mol. The molecule has 26 heavy (non-hydrogen) atoms. The highest BCUT2D eigenvalue weighted by molar-refractivity contribution is 6.32. The fourth-order valence-electron chi connectivity index (χ4n) is 3.21. The molecule has 2 atom stereocenters. The lowest BCUT2D eigenvalue weighted by Crippen LogP contribution is -2.42. The van der Waals surface area contributed by atoms with Gasteiger partial charge >= 0.3 is 6.09 Å². The van der Waals surface area contributed by atoms with Crippen molar-refractivity contribution in [1.82, 2.24) is 4.90 Å². The van der Waals surface area contributed by atoms with Crippen LogP contribution in [0.4, 0.5) is 4.79 Å². The van der Waals surface area contributed by atoms with Gasteiger partial charge in [-0.3, -0.25) is 4.79 Å². The summed E-state index contributed by atoms with van der Waals surface area (Å²) in [6.07, 6.45) is -0.0705. The van der Waals surface area contributed by atoms with Crippen molar-refractivity contribution in [1.29, 1.82) is 0 Å². The number of rotatable bonds is 5. The molecule has 2 amide bonds. The minimum atomic E-state index is -0.637. The molecule has 0 aliphatic carbocycles. The predicted molar refractivity (Wildman–Crippen MR) is 98.5 cm³/mol. The van der Waals surface area contributed by atoms with Gasteiger partial charge in [0.05, 0.1) is 19.1 Å². The molecule has 0 spiro atoms. The topological polar surface area (TPSA) is 55.8 Å². The van der Waals surface area contributed by atoms with Gasteiger partial charge in [0.15, 0.2) is 0 Å². The predicted octanol–water partition coefficient (Wildman–Crippen LogP) is 4.04. The SMILES string of the molecule is COc1cccc(Cl)c1[C@H](C)C(=O)N1C(=O)OC[C@@H]1Cc1ccccc1. The van der Waals surface area contributed by atoms with Crippen molar-refractivity contribution in [3.05, 3.63) is 64.7 Å². The minimum absolute atomic E-state index is 0.186. The number of hydrogen-bond acceptors (Lipinski definition) is 4. The highest BCUT2D eigenvalue weighted by atomic mass is 35.5. The third-order valence-electron chi connectivity index (χ3n) is 4.55. The zero-order chi connectivity index (χ0) is 18.7. The number of ether oxygens (including phenoxy) is 2. The van der Waals surface area contributed by atoms with Crippen LogP contribution in [0.3, 0.4) is 0 Å². The molecule has 2 aromatic rings. The van der Waals surface area contributed by atoms with E-state index in [0.717, 1.165) is 5.56 Å². The molecule has 0 radical (unpaired) electrons. The molecule has 2 aromatic carbocycles. The Bertz CT molecular complexity index is 809. The van der Waals surface area contributed by atoms with E-state index in [9.17, 15) is 9.59 Å². The van der Waals surface area contributed by atoms with E-state index in [-0.39, 0.29) is 18.6 Å². The molecule has 1 saturated heterocycles. The van der Waals surface area contributed by atoms with Crippen molar-refractivity contribution in [3.63, 3.8) is 0 Å². The van der Waals surface area contributed by atoms with E-state index in [0.29, 0.717) is 22.8 Å². The zero-order valence-electron chi connectivity index (χ0n) is 14.6. The average molecular weight is 374 g/mol. The lowest BCUT2D eigenvalue weighted by atomic mass is 9.97. The molecule has 5 nitrogen and oxygen atoms in total. The summed E-state index contributed by atoms with van der Waals surface area (Å²) in [4.78, 5) is 26.5. The van der Waals surface area contributed by atoms with Gasteiger partial charge in [0, 0.05) is 10.6 Å². The average Bonchev–Trinajstić information content (AvgIpc) is 3.01.